The van der Waals surface area contributed by atoms with Crippen molar-refractivity contribution in [3.63, 3.8) is 0 Å². The van der Waals surface area contributed by atoms with Crippen molar-refractivity contribution in [1.82, 2.24) is 4.90 Å². The van der Waals surface area contributed by atoms with Crippen LogP contribution in [0.4, 0.5) is 17.1 Å². The zero-order valence-corrected chi connectivity index (χ0v) is 19.4. The van der Waals surface area contributed by atoms with Crippen LogP contribution in [0.25, 0.3) is 0 Å². The van der Waals surface area contributed by atoms with Crippen LogP contribution in [0.2, 0.25) is 0 Å². The number of hydrogen-bond acceptors (Lipinski definition) is 4. The largest absolute Gasteiger partial charge is 0.466 e. The standard InChI is InChI=1S/C23H29N3O.H3O4P/c1-18-10-8-9-15-24(18)19(2)23(27)26-17-16-25(20-11-4-3-5-12-20)21-13-6-7-14-22(21)26;1-5(2,3)4/h3-7,11-14,18-19H,8-10,15-17H2,1-2H3;(H3,1,2,3,4). The van der Waals surface area contributed by atoms with E-state index in [9.17, 15) is 4.79 Å². The predicted octanol–water partition coefficient (Wildman–Crippen LogP) is 3.51. The summed E-state index contributed by atoms with van der Waals surface area (Å²) in [6.07, 6.45) is 3.66. The summed E-state index contributed by atoms with van der Waals surface area (Å²) >= 11 is 0. The first kappa shape index (κ1) is 24.4. The maximum absolute atomic E-state index is 13.4. The van der Waals surface area contributed by atoms with Crippen LogP contribution in [0.1, 0.15) is 33.1 Å². The minimum Gasteiger partial charge on any atom is -0.338 e. The molecule has 1 fully saturated rings. The summed E-state index contributed by atoms with van der Waals surface area (Å²) in [7, 11) is -4.64. The van der Waals surface area contributed by atoms with Crippen molar-refractivity contribution in [2.45, 2.75) is 45.2 Å². The van der Waals surface area contributed by atoms with Gasteiger partial charge in [0.1, 0.15) is 0 Å². The van der Waals surface area contributed by atoms with Gasteiger partial charge in [-0.05, 0) is 57.5 Å². The van der Waals surface area contributed by atoms with Crippen LogP contribution in [-0.4, -0.2) is 57.2 Å². The van der Waals surface area contributed by atoms with Crippen molar-refractivity contribution in [3.8, 4) is 0 Å². The van der Waals surface area contributed by atoms with Crippen molar-refractivity contribution < 1.29 is 24.0 Å². The first-order valence-electron chi connectivity index (χ1n) is 10.9. The Balaban J connectivity index is 0.000000523. The molecular weight excluding hydrogens is 429 g/mol. The van der Waals surface area contributed by atoms with E-state index in [4.69, 9.17) is 19.2 Å². The molecule has 0 aliphatic carbocycles. The molecule has 2 unspecified atom stereocenters. The van der Waals surface area contributed by atoms with Gasteiger partial charge in [-0.25, -0.2) is 4.57 Å². The van der Waals surface area contributed by atoms with Crippen LogP contribution in [0, 0.1) is 0 Å². The van der Waals surface area contributed by atoms with Gasteiger partial charge in [0.2, 0.25) is 5.91 Å². The molecule has 174 valence electrons. The molecule has 0 saturated carbocycles. The number of anilines is 3. The summed E-state index contributed by atoms with van der Waals surface area (Å²) in [5.41, 5.74) is 3.31. The fourth-order valence-corrected chi connectivity index (χ4v) is 4.53. The second-order valence-electron chi connectivity index (χ2n) is 8.24. The lowest BCUT2D eigenvalue weighted by atomic mass is 10.0. The Labute approximate surface area is 189 Å². The zero-order chi connectivity index (χ0) is 23.3. The van der Waals surface area contributed by atoms with E-state index in [2.05, 4.69) is 66.1 Å². The van der Waals surface area contributed by atoms with Crippen molar-refractivity contribution in [1.29, 1.82) is 0 Å². The fraction of sp³-hybridized carbons (Fsp3) is 0.435. The third kappa shape index (κ3) is 6.18. The Hall–Kier alpha value is -2.22. The third-order valence-corrected chi connectivity index (χ3v) is 6.05. The van der Waals surface area contributed by atoms with Gasteiger partial charge in [0, 0.05) is 24.8 Å². The second kappa shape index (κ2) is 10.6. The van der Waals surface area contributed by atoms with E-state index in [1.54, 1.807) is 0 Å². The number of phosphoric acid groups is 1. The Kier molecular flexibility index (Phi) is 8.09. The molecular formula is C23H32N3O5P. The number of rotatable bonds is 3. The van der Waals surface area contributed by atoms with Crippen molar-refractivity contribution in [3.05, 3.63) is 54.6 Å². The molecule has 2 heterocycles. The minimum absolute atomic E-state index is 0.0726. The molecule has 32 heavy (non-hydrogen) atoms. The molecule has 2 aromatic carbocycles. The van der Waals surface area contributed by atoms with Crippen LogP contribution in [-0.2, 0) is 9.36 Å². The molecule has 1 saturated heterocycles. The van der Waals surface area contributed by atoms with Gasteiger partial charge < -0.3 is 24.5 Å². The summed E-state index contributed by atoms with van der Waals surface area (Å²) in [5, 5.41) is 0. The van der Waals surface area contributed by atoms with Gasteiger partial charge in [-0.2, -0.15) is 0 Å². The molecule has 2 aromatic rings. The van der Waals surface area contributed by atoms with E-state index in [1.165, 1.54) is 24.9 Å². The average molecular weight is 461 g/mol. The van der Waals surface area contributed by atoms with E-state index >= 15 is 0 Å². The maximum atomic E-state index is 13.4. The zero-order valence-electron chi connectivity index (χ0n) is 18.5. The molecule has 8 nitrogen and oxygen atoms in total. The number of amides is 1. The number of carbonyl (C=O) groups excluding carboxylic acids is 1. The highest BCUT2D eigenvalue weighted by Crippen LogP contribution is 2.38. The molecule has 2 atom stereocenters. The Morgan fingerprint density at radius 3 is 2.16 bits per heavy atom. The van der Waals surface area contributed by atoms with Gasteiger partial charge in [-0.3, -0.25) is 9.69 Å². The van der Waals surface area contributed by atoms with E-state index in [0.717, 1.165) is 31.0 Å². The lowest BCUT2D eigenvalue weighted by Gasteiger charge is -2.42. The van der Waals surface area contributed by atoms with Gasteiger partial charge in [0.25, 0.3) is 0 Å². The van der Waals surface area contributed by atoms with E-state index < -0.39 is 7.82 Å². The summed E-state index contributed by atoms with van der Waals surface area (Å²) in [6.45, 7) is 6.90. The normalized spacial score (nSPS) is 20.1. The highest BCUT2D eigenvalue weighted by atomic mass is 31.2. The quantitative estimate of drug-likeness (QED) is 0.601. The fourth-order valence-electron chi connectivity index (χ4n) is 4.53. The number of likely N-dealkylation sites (tertiary alicyclic amines) is 1. The molecule has 4 rings (SSSR count). The molecule has 3 N–H and O–H groups in total. The van der Waals surface area contributed by atoms with Crippen molar-refractivity contribution in [2.75, 3.05) is 29.4 Å². The molecule has 1 amide bonds. The average Bonchev–Trinajstić information content (AvgIpc) is 2.77. The maximum Gasteiger partial charge on any atom is 0.466 e. The summed E-state index contributed by atoms with van der Waals surface area (Å²) in [4.78, 5) is 41.7. The van der Waals surface area contributed by atoms with Gasteiger partial charge in [-0.1, -0.05) is 36.8 Å². The lowest BCUT2D eigenvalue weighted by molar-refractivity contribution is -0.124. The van der Waals surface area contributed by atoms with Crippen molar-refractivity contribution in [2.24, 2.45) is 0 Å². The first-order chi connectivity index (χ1) is 15.2. The van der Waals surface area contributed by atoms with Crippen LogP contribution < -0.4 is 9.80 Å². The Bertz CT molecular complexity index is 943. The van der Waals surface area contributed by atoms with Crippen LogP contribution in [0.5, 0.6) is 0 Å². The molecule has 2 aliphatic rings. The van der Waals surface area contributed by atoms with Gasteiger partial charge in [-0.15, -0.1) is 0 Å². The van der Waals surface area contributed by atoms with Gasteiger partial charge >= 0.3 is 7.82 Å². The van der Waals surface area contributed by atoms with Gasteiger partial charge in [0.05, 0.1) is 17.4 Å². The third-order valence-electron chi connectivity index (χ3n) is 6.05. The second-order valence-corrected chi connectivity index (χ2v) is 9.26. The summed E-state index contributed by atoms with van der Waals surface area (Å²) < 4.78 is 8.88. The van der Waals surface area contributed by atoms with Crippen LogP contribution >= 0.6 is 7.82 Å². The lowest BCUT2D eigenvalue weighted by Crippen LogP contribution is -2.54. The SMILES string of the molecule is CC1CCCCN1C(C)C(=O)N1CCN(c2ccccc2)c2ccccc21.O=P(O)(O)O. The number of fused-ring (bicyclic) bond motifs is 1. The molecule has 0 radical (unpaired) electrons. The monoisotopic (exact) mass is 461 g/mol. The summed E-state index contributed by atoms with van der Waals surface area (Å²) in [5.74, 6) is 0.226. The molecule has 0 spiro atoms. The van der Waals surface area contributed by atoms with E-state index in [-0.39, 0.29) is 11.9 Å². The highest BCUT2D eigenvalue weighted by molar-refractivity contribution is 7.45. The van der Waals surface area contributed by atoms with Gasteiger partial charge in [0.15, 0.2) is 0 Å². The number of piperidine rings is 1. The number of carbonyl (C=O) groups is 1. The number of benzene rings is 2. The smallest absolute Gasteiger partial charge is 0.338 e. The van der Waals surface area contributed by atoms with Crippen LogP contribution in [0.15, 0.2) is 54.6 Å². The molecule has 0 aromatic heterocycles. The highest BCUT2D eigenvalue weighted by Gasteiger charge is 2.34. The predicted molar refractivity (Wildman–Crippen MR) is 126 cm³/mol. The number of para-hydroxylation sites is 3. The molecule has 9 heteroatoms. The summed E-state index contributed by atoms with van der Waals surface area (Å²) in [6, 6.07) is 19.1. The molecule has 0 bridgehead atoms. The van der Waals surface area contributed by atoms with Crippen LogP contribution in [0.3, 0.4) is 0 Å². The van der Waals surface area contributed by atoms with E-state index in [1.807, 2.05) is 17.0 Å². The van der Waals surface area contributed by atoms with E-state index in [0.29, 0.717) is 6.04 Å². The topological polar surface area (TPSA) is 105 Å². The minimum atomic E-state index is -4.64. The first-order valence-corrected chi connectivity index (χ1v) is 12.5. The van der Waals surface area contributed by atoms with Crippen molar-refractivity contribution >= 4 is 30.8 Å². The Morgan fingerprint density at radius 1 is 0.938 bits per heavy atom. The number of nitrogens with zero attached hydrogens (tertiary/aromatic N) is 3. The Morgan fingerprint density at radius 2 is 1.53 bits per heavy atom. The molecule has 2 aliphatic heterocycles. The number of hydrogen-bond donors (Lipinski definition) is 3.